The molecule has 2 amide bonds. The van der Waals surface area contributed by atoms with Crippen molar-refractivity contribution >= 4 is 12.0 Å². The Hall–Kier alpha value is -2.28. The van der Waals surface area contributed by atoms with Crippen LogP contribution in [0.1, 0.15) is 24.4 Å². The number of hydrogen-bond acceptors (Lipinski definition) is 6. The first-order valence-corrected chi connectivity index (χ1v) is 7.42. The molecule has 1 N–H and O–H groups in total. The van der Waals surface area contributed by atoms with Gasteiger partial charge in [-0.15, -0.1) is 0 Å². The lowest BCUT2D eigenvalue weighted by molar-refractivity contribution is -0.121. The Morgan fingerprint density at radius 1 is 1.26 bits per heavy atom. The van der Waals surface area contributed by atoms with E-state index in [-0.39, 0.29) is 18.5 Å². The number of nitrogens with zero attached hydrogens (tertiary/aromatic N) is 1. The molecule has 0 spiro atoms. The number of ether oxygens (including phenoxy) is 3. The minimum absolute atomic E-state index is 0.0449. The van der Waals surface area contributed by atoms with Gasteiger partial charge in [0, 0.05) is 11.6 Å². The molecule has 0 saturated carbocycles. The van der Waals surface area contributed by atoms with Crippen LogP contribution in [0, 0.1) is 0 Å². The summed E-state index contributed by atoms with van der Waals surface area (Å²) >= 11 is 0. The molecule has 1 fully saturated rings. The van der Waals surface area contributed by atoms with Gasteiger partial charge in [0.1, 0.15) is 11.5 Å². The van der Waals surface area contributed by atoms with Gasteiger partial charge in [-0.1, -0.05) is 0 Å². The summed E-state index contributed by atoms with van der Waals surface area (Å²) in [5.74, 6) is 1.12. The first-order valence-electron chi connectivity index (χ1n) is 7.42. The van der Waals surface area contributed by atoms with Crippen molar-refractivity contribution in [1.82, 2.24) is 10.2 Å². The van der Waals surface area contributed by atoms with E-state index in [0.29, 0.717) is 0 Å². The fourth-order valence-corrected chi connectivity index (χ4v) is 2.86. The van der Waals surface area contributed by atoms with E-state index in [0.717, 1.165) is 36.4 Å². The lowest BCUT2D eigenvalue weighted by Crippen LogP contribution is -2.39. The predicted molar refractivity (Wildman–Crippen MR) is 83.6 cm³/mol. The molecule has 1 saturated heterocycles. The van der Waals surface area contributed by atoms with Gasteiger partial charge in [-0.05, 0) is 37.6 Å². The number of likely N-dealkylation sites (tertiary alicyclic amines) is 1. The average molecular weight is 322 g/mol. The van der Waals surface area contributed by atoms with Gasteiger partial charge in [-0.2, -0.15) is 0 Å². The normalized spacial score (nSPS) is 17.6. The monoisotopic (exact) mass is 322 g/mol. The largest absolute Gasteiger partial charge is 0.497 e. The van der Waals surface area contributed by atoms with Gasteiger partial charge in [0.2, 0.25) is 5.91 Å². The van der Waals surface area contributed by atoms with E-state index in [9.17, 15) is 9.59 Å². The molecule has 1 aromatic rings. The number of imide groups is 1. The fourth-order valence-electron chi connectivity index (χ4n) is 2.86. The summed E-state index contributed by atoms with van der Waals surface area (Å²) in [6, 6.07) is 5.67. The van der Waals surface area contributed by atoms with Crippen LogP contribution >= 0.6 is 0 Å². The third-order valence-electron chi connectivity index (χ3n) is 3.93. The zero-order chi connectivity index (χ0) is 16.8. The molecule has 2 rings (SSSR count). The molecule has 0 aromatic heterocycles. The Balaban J connectivity index is 2.15. The lowest BCUT2D eigenvalue weighted by atomic mass is 10.0. The topological polar surface area (TPSA) is 77.1 Å². The van der Waals surface area contributed by atoms with Gasteiger partial charge in [-0.25, -0.2) is 4.79 Å². The highest BCUT2D eigenvalue weighted by molar-refractivity contribution is 5.92. The van der Waals surface area contributed by atoms with Gasteiger partial charge in [0.15, 0.2) is 0 Å². The SMILES string of the molecule is COC(=O)NC(=O)CN1CCC[C@H]1c1cc(OC)ccc1OC. The summed E-state index contributed by atoms with van der Waals surface area (Å²) < 4.78 is 15.2. The number of methoxy groups -OCH3 is 3. The number of rotatable bonds is 5. The molecule has 1 atom stereocenters. The summed E-state index contributed by atoms with van der Waals surface area (Å²) in [5.41, 5.74) is 0.982. The Bertz CT molecular complexity index is 576. The molecule has 0 aliphatic carbocycles. The van der Waals surface area contributed by atoms with Gasteiger partial charge >= 0.3 is 6.09 Å². The molecule has 1 aromatic carbocycles. The molecule has 1 heterocycles. The third-order valence-corrected chi connectivity index (χ3v) is 3.93. The van der Waals surface area contributed by atoms with Gasteiger partial charge < -0.3 is 14.2 Å². The van der Waals surface area contributed by atoms with Crippen LogP contribution in [-0.2, 0) is 9.53 Å². The second-order valence-corrected chi connectivity index (χ2v) is 5.28. The predicted octanol–water partition coefficient (Wildman–Crippen LogP) is 1.72. The number of alkyl carbamates (subject to hydrolysis) is 1. The molecule has 7 nitrogen and oxygen atoms in total. The van der Waals surface area contributed by atoms with E-state index in [4.69, 9.17) is 9.47 Å². The van der Waals surface area contributed by atoms with E-state index in [2.05, 4.69) is 10.1 Å². The number of benzene rings is 1. The standard InChI is InChI=1S/C16H22N2O5/c1-21-11-6-7-14(22-2)12(9-11)13-5-4-8-18(13)10-15(19)17-16(20)23-3/h6-7,9,13H,4-5,8,10H2,1-3H3,(H,17,19,20)/t13-/m0/s1. The van der Waals surface area contributed by atoms with Crippen molar-refractivity contribution in [3.05, 3.63) is 23.8 Å². The van der Waals surface area contributed by atoms with Crippen LogP contribution in [0.3, 0.4) is 0 Å². The molecular weight excluding hydrogens is 300 g/mol. The zero-order valence-corrected chi connectivity index (χ0v) is 13.6. The van der Waals surface area contributed by atoms with E-state index in [1.54, 1.807) is 14.2 Å². The quantitative estimate of drug-likeness (QED) is 0.889. The van der Waals surface area contributed by atoms with Crippen LogP contribution in [-0.4, -0.2) is 51.3 Å². The zero-order valence-electron chi connectivity index (χ0n) is 13.6. The number of amides is 2. The van der Waals surface area contributed by atoms with Crippen LogP contribution in [0.5, 0.6) is 11.5 Å². The summed E-state index contributed by atoms with van der Waals surface area (Å²) in [7, 11) is 4.46. The molecule has 1 aliphatic rings. The van der Waals surface area contributed by atoms with Crippen molar-refractivity contribution in [1.29, 1.82) is 0 Å². The van der Waals surface area contributed by atoms with Gasteiger partial charge in [0.05, 0.1) is 27.9 Å². The van der Waals surface area contributed by atoms with Gasteiger partial charge in [-0.3, -0.25) is 15.0 Å². The Morgan fingerprint density at radius 3 is 2.70 bits per heavy atom. The number of hydrogen-bond donors (Lipinski definition) is 1. The molecule has 23 heavy (non-hydrogen) atoms. The molecule has 126 valence electrons. The van der Waals surface area contributed by atoms with E-state index in [1.165, 1.54) is 7.11 Å². The Labute approximate surface area is 135 Å². The summed E-state index contributed by atoms with van der Waals surface area (Å²) in [6.45, 7) is 0.903. The molecule has 0 radical (unpaired) electrons. The highest BCUT2D eigenvalue weighted by Crippen LogP contribution is 2.38. The van der Waals surface area contributed by atoms with Crippen LogP contribution in [0.15, 0.2) is 18.2 Å². The van der Waals surface area contributed by atoms with Crippen molar-refractivity contribution in [3.63, 3.8) is 0 Å². The minimum Gasteiger partial charge on any atom is -0.497 e. The van der Waals surface area contributed by atoms with E-state index >= 15 is 0 Å². The highest BCUT2D eigenvalue weighted by Gasteiger charge is 2.30. The van der Waals surface area contributed by atoms with Crippen molar-refractivity contribution in [2.75, 3.05) is 34.4 Å². The van der Waals surface area contributed by atoms with Crippen molar-refractivity contribution in [2.24, 2.45) is 0 Å². The number of nitrogens with one attached hydrogen (secondary N) is 1. The maximum Gasteiger partial charge on any atom is 0.413 e. The molecule has 7 heteroatoms. The average Bonchev–Trinajstić information content (AvgIpc) is 3.01. The van der Waals surface area contributed by atoms with Gasteiger partial charge in [0.25, 0.3) is 0 Å². The third kappa shape index (κ3) is 4.13. The first-order chi connectivity index (χ1) is 11.1. The van der Waals surface area contributed by atoms with E-state index < -0.39 is 6.09 Å². The molecule has 0 unspecified atom stereocenters. The minimum atomic E-state index is -0.746. The molecule has 1 aliphatic heterocycles. The lowest BCUT2D eigenvalue weighted by Gasteiger charge is -2.25. The maximum atomic E-state index is 11.9. The van der Waals surface area contributed by atoms with Crippen LogP contribution < -0.4 is 14.8 Å². The summed E-state index contributed by atoms with van der Waals surface area (Å²) in [6.07, 6.45) is 1.13. The first kappa shape index (κ1) is 17.1. The number of carbonyl (C=O) groups is 2. The summed E-state index contributed by atoms with van der Waals surface area (Å²) in [5, 5.41) is 2.18. The van der Waals surface area contributed by atoms with Crippen molar-refractivity contribution in [3.8, 4) is 11.5 Å². The summed E-state index contributed by atoms with van der Waals surface area (Å²) in [4.78, 5) is 25.1. The number of carbonyl (C=O) groups excluding carboxylic acids is 2. The van der Waals surface area contributed by atoms with Crippen molar-refractivity contribution in [2.45, 2.75) is 18.9 Å². The van der Waals surface area contributed by atoms with E-state index in [1.807, 2.05) is 23.1 Å². The maximum absolute atomic E-state index is 11.9. The highest BCUT2D eigenvalue weighted by atomic mass is 16.5. The van der Waals surface area contributed by atoms with Crippen LogP contribution in [0.25, 0.3) is 0 Å². The smallest absolute Gasteiger partial charge is 0.413 e. The molecular formula is C16H22N2O5. The second kappa shape index (κ2) is 7.82. The van der Waals surface area contributed by atoms with Crippen molar-refractivity contribution < 1.29 is 23.8 Å². The Morgan fingerprint density at radius 2 is 2.04 bits per heavy atom. The van der Waals surface area contributed by atoms with Crippen LogP contribution in [0.4, 0.5) is 4.79 Å². The second-order valence-electron chi connectivity index (χ2n) is 5.28. The fraction of sp³-hybridized carbons (Fsp3) is 0.500. The van der Waals surface area contributed by atoms with Crippen LogP contribution in [0.2, 0.25) is 0 Å². The Kier molecular flexibility index (Phi) is 5.81. The molecule has 0 bridgehead atoms.